The van der Waals surface area contributed by atoms with Crippen LogP contribution < -0.4 is 10.6 Å². The molecule has 0 aliphatic rings. The number of thiocarbonyl (C=S) groups is 1. The van der Waals surface area contributed by atoms with Crippen molar-refractivity contribution in [1.82, 2.24) is 15.3 Å². The van der Waals surface area contributed by atoms with Crippen LogP contribution >= 0.6 is 12.2 Å². The summed E-state index contributed by atoms with van der Waals surface area (Å²) < 4.78 is 5.75. The van der Waals surface area contributed by atoms with Crippen molar-refractivity contribution in [2.24, 2.45) is 0 Å². The summed E-state index contributed by atoms with van der Waals surface area (Å²) in [6.45, 7) is 1.94. The molecule has 7 heteroatoms. The number of nitrogens with one attached hydrogen (secondary N) is 2. The number of hydrogen-bond acceptors (Lipinski definition) is 5. The number of pyridine rings is 1. The minimum absolute atomic E-state index is 0.232. The highest BCUT2D eigenvalue weighted by Crippen LogP contribution is 2.26. The summed E-state index contributed by atoms with van der Waals surface area (Å²) in [5.41, 5.74) is 4.31. The van der Waals surface area contributed by atoms with E-state index < -0.39 is 0 Å². The average molecular weight is 388 g/mol. The van der Waals surface area contributed by atoms with Crippen molar-refractivity contribution >= 4 is 40.2 Å². The predicted octanol–water partition coefficient (Wildman–Crippen LogP) is 4.33. The maximum atomic E-state index is 12.2. The van der Waals surface area contributed by atoms with Crippen LogP contribution in [0, 0.1) is 6.92 Å². The van der Waals surface area contributed by atoms with Crippen LogP contribution in [0.3, 0.4) is 0 Å². The Balaban J connectivity index is 1.48. The number of fused-ring (bicyclic) bond motifs is 1. The Hall–Kier alpha value is -3.58. The highest BCUT2D eigenvalue weighted by atomic mass is 32.1. The van der Waals surface area contributed by atoms with Crippen LogP contribution in [0.1, 0.15) is 15.9 Å². The minimum atomic E-state index is -0.258. The lowest BCUT2D eigenvalue weighted by Crippen LogP contribution is -2.34. The molecule has 0 aliphatic heterocycles. The molecule has 0 saturated heterocycles. The van der Waals surface area contributed by atoms with Crippen LogP contribution in [0.4, 0.5) is 5.69 Å². The van der Waals surface area contributed by atoms with Gasteiger partial charge in [-0.3, -0.25) is 10.1 Å². The number of rotatable bonds is 3. The minimum Gasteiger partial charge on any atom is -0.434 e. The van der Waals surface area contributed by atoms with Gasteiger partial charge in [0.05, 0.1) is 0 Å². The molecule has 0 radical (unpaired) electrons. The number of amides is 1. The number of aromatic nitrogens is 2. The van der Waals surface area contributed by atoms with Gasteiger partial charge in [-0.05, 0) is 67.2 Å². The number of carbonyl (C=O) groups is 1. The number of nitrogens with zero attached hydrogens (tertiary/aromatic N) is 2. The third-order valence-corrected chi connectivity index (χ3v) is 4.35. The summed E-state index contributed by atoms with van der Waals surface area (Å²) >= 11 is 5.26. The first-order valence-electron chi connectivity index (χ1n) is 8.60. The second kappa shape index (κ2) is 7.58. The van der Waals surface area contributed by atoms with Gasteiger partial charge in [0.15, 0.2) is 16.3 Å². The van der Waals surface area contributed by atoms with E-state index in [9.17, 15) is 4.79 Å². The number of hydrogen-bond donors (Lipinski definition) is 2. The van der Waals surface area contributed by atoms with Gasteiger partial charge in [0.25, 0.3) is 5.91 Å². The molecule has 2 heterocycles. The maximum Gasteiger partial charge on any atom is 0.257 e. The van der Waals surface area contributed by atoms with E-state index in [-0.39, 0.29) is 11.0 Å². The molecule has 0 spiro atoms. The van der Waals surface area contributed by atoms with Crippen LogP contribution in [-0.4, -0.2) is 21.0 Å². The van der Waals surface area contributed by atoms with E-state index in [0.29, 0.717) is 22.7 Å². The first kappa shape index (κ1) is 17.8. The molecular weight excluding hydrogens is 372 g/mol. The average Bonchev–Trinajstić information content (AvgIpc) is 3.14. The van der Waals surface area contributed by atoms with E-state index in [1.165, 1.54) is 0 Å². The van der Waals surface area contributed by atoms with Crippen molar-refractivity contribution in [2.45, 2.75) is 6.92 Å². The second-order valence-corrected chi connectivity index (χ2v) is 6.56. The van der Waals surface area contributed by atoms with Gasteiger partial charge in [0, 0.05) is 23.0 Å². The number of oxazole rings is 1. The molecule has 4 aromatic rings. The van der Waals surface area contributed by atoms with Crippen molar-refractivity contribution < 1.29 is 9.21 Å². The monoisotopic (exact) mass is 388 g/mol. The molecule has 0 unspecified atom stereocenters. The van der Waals surface area contributed by atoms with E-state index in [2.05, 4.69) is 20.6 Å². The van der Waals surface area contributed by atoms with E-state index in [1.807, 2.05) is 37.3 Å². The lowest BCUT2D eigenvalue weighted by molar-refractivity contribution is 0.0977. The molecule has 1 amide bonds. The molecule has 4 rings (SSSR count). The molecular formula is C21H16N4O2S. The quantitative estimate of drug-likeness (QED) is 0.509. The first-order chi connectivity index (χ1) is 13.6. The van der Waals surface area contributed by atoms with E-state index >= 15 is 0 Å². The van der Waals surface area contributed by atoms with Crippen LogP contribution in [0.5, 0.6) is 0 Å². The standard InChI is InChI=1S/C21H16N4O2S/c1-13-12-15(20-24-18-17(27-20)8-5-11-22-18)9-10-16(13)23-21(28)25-19(26)14-6-3-2-4-7-14/h2-12H,1H3,(H2,23,25,26,28). The molecule has 138 valence electrons. The van der Waals surface area contributed by atoms with E-state index in [4.69, 9.17) is 16.6 Å². The normalized spacial score (nSPS) is 10.6. The highest BCUT2D eigenvalue weighted by molar-refractivity contribution is 7.80. The summed E-state index contributed by atoms with van der Waals surface area (Å²) in [5, 5.41) is 5.96. The van der Waals surface area contributed by atoms with Crippen molar-refractivity contribution in [3.05, 3.63) is 78.0 Å². The van der Waals surface area contributed by atoms with Crippen LogP contribution in [0.15, 0.2) is 71.3 Å². The highest BCUT2D eigenvalue weighted by Gasteiger charge is 2.12. The predicted molar refractivity (Wildman–Crippen MR) is 112 cm³/mol. The summed E-state index contributed by atoms with van der Waals surface area (Å²) in [6.07, 6.45) is 1.68. The van der Waals surface area contributed by atoms with Gasteiger partial charge in [0.1, 0.15) is 0 Å². The molecule has 0 fully saturated rings. The Morgan fingerprint density at radius 2 is 1.89 bits per heavy atom. The molecule has 2 aromatic heterocycles. The van der Waals surface area contributed by atoms with Crippen LogP contribution in [-0.2, 0) is 0 Å². The maximum absolute atomic E-state index is 12.2. The Morgan fingerprint density at radius 1 is 1.07 bits per heavy atom. The first-order valence-corrected chi connectivity index (χ1v) is 9.01. The van der Waals surface area contributed by atoms with E-state index in [0.717, 1.165) is 16.8 Å². The molecule has 28 heavy (non-hydrogen) atoms. The zero-order valence-corrected chi connectivity index (χ0v) is 15.8. The summed E-state index contributed by atoms with van der Waals surface area (Å²) in [5.74, 6) is 0.245. The van der Waals surface area contributed by atoms with Crippen molar-refractivity contribution in [3.63, 3.8) is 0 Å². The van der Waals surface area contributed by atoms with Gasteiger partial charge in [0.2, 0.25) is 5.89 Å². The molecule has 0 saturated carbocycles. The van der Waals surface area contributed by atoms with Gasteiger partial charge in [-0.2, -0.15) is 4.98 Å². The Kier molecular flexibility index (Phi) is 4.82. The fourth-order valence-electron chi connectivity index (χ4n) is 2.75. The molecule has 0 atom stereocenters. The van der Waals surface area contributed by atoms with Crippen molar-refractivity contribution in [2.75, 3.05) is 5.32 Å². The lowest BCUT2D eigenvalue weighted by atomic mass is 10.1. The third kappa shape index (κ3) is 3.74. The Bertz CT molecular complexity index is 1140. The number of anilines is 1. The molecule has 2 aromatic carbocycles. The molecule has 0 bridgehead atoms. The third-order valence-electron chi connectivity index (χ3n) is 4.15. The molecule has 6 nitrogen and oxygen atoms in total. The number of carbonyl (C=O) groups excluding carboxylic acids is 1. The van der Waals surface area contributed by atoms with E-state index in [1.54, 1.807) is 36.5 Å². The van der Waals surface area contributed by atoms with Crippen molar-refractivity contribution in [1.29, 1.82) is 0 Å². The van der Waals surface area contributed by atoms with Gasteiger partial charge in [-0.1, -0.05) is 18.2 Å². The molecule has 2 N–H and O–H groups in total. The topological polar surface area (TPSA) is 80.1 Å². The summed E-state index contributed by atoms with van der Waals surface area (Å²) in [7, 11) is 0. The fourth-order valence-corrected chi connectivity index (χ4v) is 2.95. The SMILES string of the molecule is Cc1cc(-c2nc3ncccc3o2)ccc1NC(=S)NC(=O)c1ccccc1. The Morgan fingerprint density at radius 3 is 2.64 bits per heavy atom. The lowest BCUT2D eigenvalue weighted by Gasteiger charge is -2.12. The van der Waals surface area contributed by atoms with Gasteiger partial charge in [-0.15, -0.1) is 0 Å². The smallest absolute Gasteiger partial charge is 0.257 e. The zero-order chi connectivity index (χ0) is 19.5. The summed E-state index contributed by atoms with van der Waals surface area (Å²) in [4.78, 5) is 20.8. The Labute approximate surface area is 166 Å². The largest absolute Gasteiger partial charge is 0.434 e. The molecule has 0 aliphatic carbocycles. The van der Waals surface area contributed by atoms with Gasteiger partial charge >= 0.3 is 0 Å². The van der Waals surface area contributed by atoms with Gasteiger partial charge in [-0.25, -0.2) is 4.98 Å². The van der Waals surface area contributed by atoms with Crippen molar-refractivity contribution in [3.8, 4) is 11.5 Å². The second-order valence-electron chi connectivity index (χ2n) is 6.15. The van der Waals surface area contributed by atoms with Gasteiger partial charge < -0.3 is 9.73 Å². The zero-order valence-electron chi connectivity index (χ0n) is 15.0. The van der Waals surface area contributed by atoms with Crippen LogP contribution in [0.25, 0.3) is 22.7 Å². The summed E-state index contributed by atoms with van der Waals surface area (Å²) in [6, 6.07) is 18.2. The number of aryl methyl sites for hydroxylation is 1. The number of benzene rings is 2. The fraction of sp³-hybridized carbons (Fsp3) is 0.0476. The van der Waals surface area contributed by atoms with Crippen LogP contribution in [0.2, 0.25) is 0 Å².